The molecule has 0 unspecified atom stereocenters. The van der Waals surface area contributed by atoms with Crippen molar-refractivity contribution in [3.63, 3.8) is 0 Å². The van der Waals surface area contributed by atoms with E-state index in [4.69, 9.17) is 0 Å². The van der Waals surface area contributed by atoms with Gasteiger partial charge in [0.2, 0.25) is 0 Å². The molecule has 2 nitrogen and oxygen atoms in total. The molecule has 0 aromatic heterocycles. The van der Waals surface area contributed by atoms with Gasteiger partial charge in [-0.05, 0) is 31.0 Å². The molecule has 0 heterocycles. The van der Waals surface area contributed by atoms with E-state index >= 15 is 0 Å². The van der Waals surface area contributed by atoms with Gasteiger partial charge in [0.1, 0.15) is 0 Å². The van der Waals surface area contributed by atoms with Crippen LogP contribution in [0.2, 0.25) is 0 Å². The second-order valence-electron chi connectivity index (χ2n) is 2.85. The first-order valence-corrected chi connectivity index (χ1v) is 3.98. The maximum absolute atomic E-state index is 3.87. The minimum Gasteiger partial charge on any atom is -0.347 e. The highest BCUT2D eigenvalue weighted by molar-refractivity contribution is 5.77. The first-order valence-electron chi connectivity index (χ1n) is 3.98. The summed E-state index contributed by atoms with van der Waals surface area (Å²) < 4.78 is 0. The zero-order chi connectivity index (χ0) is 8.97. The molecule has 0 fully saturated rings. The van der Waals surface area contributed by atoms with Crippen molar-refractivity contribution in [1.29, 1.82) is 0 Å². The van der Waals surface area contributed by atoms with Crippen LogP contribution in [0.3, 0.4) is 0 Å². The van der Waals surface area contributed by atoms with Crippen LogP contribution >= 0.6 is 0 Å². The maximum Gasteiger partial charge on any atom is 0.0864 e. The summed E-state index contributed by atoms with van der Waals surface area (Å²) in [4.78, 5) is 3.87. The van der Waals surface area contributed by atoms with Gasteiger partial charge < -0.3 is 5.32 Å². The quantitative estimate of drug-likeness (QED) is 0.524. The zero-order valence-electron chi connectivity index (χ0n) is 7.76. The van der Waals surface area contributed by atoms with Gasteiger partial charge in [-0.1, -0.05) is 12.1 Å². The molecular formula is C10H14N2. The Morgan fingerprint density at radius 3 is 2.75 bits per heavy atom. The number of rotatable bonds is 2. The summed E-state index contributed by atoms with van der Waals surface area (Å²) in [6.07, 6.45) is 1.70. The van der Waals surface area contributed by atoms with Crippen LogP contribution in [0.25, 0.3) is 0 Å². The summed E-state index contributed by atoms with van der Waals surface area (Å²) in [6.45, 7) is 4.15. The molecule has 2 heteroatoms. The summed E-state index contributed by atoms with van der Waals surface area (Å²) in [6, 6.07) is 6.31. The Morgan fingerprint density at radius 1 is 1.33 bits per heavy atom. The molecule has 64 valence electrons. The van der Waals surface area contributed by atoms with Crippen LogP contribution < -0.4 is 5.32 Å². The van der Waals surface area contributed by atoms with Gasteiger partial charge in [0.25, 0.3) is 0 Å². The Labute approximate surface area is 73.3 Å². The van der Waals surface area contributed by atoms with Crippen molar-refractivity contribution in [2.45, 2.75) is 13.8 Å². The van der Waals surface area contributed by atoms with Crippen LogP contribution in [0, 0.1) is 13.8 Å². The Balaban J connectivity index is 2.89. The molecule has 0 bridgehead atoms. The largest absolute Gasteiger partial charge is 0.347 e. The average molecular weight is 162 g/mol. The molecule has 0 aliphatic heterocycles. The number of aliphatic imine (C=N–C) groups is 1. The van der Waals surface area contributed by atoms with Crippen molar-refractivity contribution in [2.75, 3.05) is 12.4 Å². The summed E-state index contributed by atoms with van der Waals surface area (Å²) >= 11 is 0. The first kappa shape index (κ1) is 8.78. The monoisotopic (exact) mass is 162 g/mol. The minimum atomic E-state index is 1.13. The molecule has 1 aromatic rings. The van der Waals surface area contributed by atoms with Gasteiger partial charge in [0.05, 0.1) is 6.34 Å². The second-order valence-corrected chi connectivity index (χ2v) is 2.85. The number of hydrogen-bond acceptors (Lipinski definition) is 1. The van der Waals surface area contributed by atoms with E-state index in [0.29, 0.717) is 0 Å². The molecule has 0 atom stereocenters. The first-order chi connectivity index (χ1) is 5.74. The second kappa shape index (κ2) is 3.90. The Bertz CT molecular complexity index is 290. The third-order valence-corrected chi connectivity index (χ3v) is 1.74. The Hall–Kier alpha value is -1.31. The van der Waals surface area contributed by atoms with Gasteiger partial charge in [-0.25, -0.2) is 0 Å². The van der Waals surface area contributed by atoms with Crippen LogP contribution in [-0.4, -0.2) is 13.4 Å². The van der Waals surface area contributed by atoms with Gasteiger partial charge in [-0.2, -0.15) is 0 Å². The lowest BCUT2D eigenvalue weighted by atomic mass is 10.1. The fourth-order valence-corrected chi connectivity index (χ4v) is 1.03. The predicted molar refractivity (Wildman–Crippen MR) is 54.0 cm³/mol. The molecule has 0 saturated heterocycles. The number of anilines is 1. The van der Waals surface area contributed by atoms with Crippen molar-refractivity contribution in [1.82, 2.24) is 0 Å². The number of nitrogens with zero attached hydrogens (tertiary/aromatic N) is 1. The molecule has 0 saturated carbocycles. The van der Waals surface area contributed by atoms with Crippen molar-refractivity contribution in [3.05, 3.63) is 29.3 Å². The fourth-order valence-electron chi connectivity index (χ4n) is 1.03. The van der Waals surface area contributed by atoms with E-state index in [1.54, 1.807) is 13.4 Å². The van der Waals surface area contributed by atoms with E-state index in [0.717, 1.165) is 5.69 Å². The lowest BCUT2D eigenvalue weighted by Crippen LogP contribution is -1.96. The molecule has 0 aliphatic rings. The SMILES string of the molecule is CN=CNc1cc(C)ccc1C. The van der Waals surface area contributed by atoms with E-state index in [2.05, 4.69) is 42.4 Å². The summed E-state index contributed by atoms with van der Waals surface area (Å²) in [5, 5.41) is 3.11. The smallest absolute Gasteiger partial charge is 0.0864 e. The highest BCUT2D eigenvalue weighted by atomic mass is 14.9. The van der Waals surface area contributed by atoms with Crippen LogP contribution in [0.4, 0.5) is 5.69 Å². The van der Waals surface area contributed by atoms with Crippen LogP contribution in [0.15, 0.2) is 23.2 Å². The molecule has 0 amide bonds. The summed E-state index contributed by atoms with van der Waals surface area (Å²) in [5.41, 5.74) is 3.62. The highest BCUT2D eigenvalue weighted by Crippen LogP contribution is 2.14. The van der Waals surface area contributed by atoms with Crippen molar-refractivity contribution >= 4 is 12.0 Å². The van der Waals surface area contributed by atoms with Gasteiger partial charge in [-0.3, -0.25) is 4.99 Å². The third-order valence-electron chi connectivity index (χ3n) is 1.74. The standard InChI is InChI=1S/C10H14N2/c1-8-4-5-9(2)10(6-8)12-7-11-3/h4-7H,1-3H3,(H,11,12). The highest BCUT2D eigenvalue weighted by Gasteiger charge is 1.94. The molecule has 0 spiro atoms. The van der Waals surface area contributed by atoms with Gasteiger partial charge in [0.15, 0.2) is 0 Å². The molecule has 0 aliphatic carbocycles. The van der Waals surface area contributed by atoms with E-state index in [1.807, 2.05) is 0 Å². The van der Waals surface area contributed by atoms with E-state index in [1.165, 1.54) is 11.1 Å². The topological polar surface area (TPSA) is 24.4 Å². The number of benzene rings is 1. The molecule has 1 rings (SSSR count). The summed E-state index contributed by atoms with van der Waals surface area (Å²) in [5.74, 6) is 0. The predicted octanol–water partition coefficient (Wildman–Crippen LogP) is 2.37. The average Bonchev–Trinajstić information content (AvgIpc) is 2.07. The van der Waals surface area contributed by atoms with E-state index < -0.39 is 0 Å². The maximum atomic E-state index is 3.87. The minimum absolute atomic E-state index is 1.13. The molecule has 12 heavy (non-hydrogen) atoms. The van der Waals surface area contributed by atoms with Crippen LogP contribution in [0.1, 0.15) is 11.1 Å². The van der Waals surface area contributed by atoms with Crippen molar-refractivity contribution < 1.29 is 0 Å². The van der Waals surface area contributed by atoms with Crippen molar-refractivity contribution in [3.8, 4) is 0 Å². The van der Waals surface area contributed by atoms with Gasteiger partial charge in [0, 0.05) is 12.7 Å². The van der Waals surface area contributed by atoms with E-state index in [9.17, 15) is 0 Å². The fraction of sp³-hybridized carbons (Fsp3) is 0.300. The third kappa shape index (κ3) is 2.09. The van der Waals surface area contributed by atoms with Crippen molar-refractivity contribution in [2.24, 2.45) is 4.99 Å². The van der Waals surface area contributed by atoms with Gasteiger partial charge >= 0.3 is 0 Å². The molecular weight excluding hydrogens is 148 g/mol. The number of nitrogens with one attached hydrogen (secondary N) is 1. The van der Waals surface area contributed by atoms with Gasteiger partial charge in [-0.15, -0.1) is 0 Å². The van der Waals surface area contributed by atoms with E-state index in [-0.39, 0.29) is 0 Å². The zero-order valence-corrected chi connectivity index (χ0v) is 7.76. The Morgan fingerprint density at radius 2 is 2.08 bits per heavy atom. The lowest BCUT2D eigenvalue weighted by Gasteiger charge is -2.05. The summed E-state index contributed by atoms with van der Waals surface area (Å²) in [7, 11) is 1.75. The number of aryl methyl sites for hydroxylation is 2. The van der Waals surface area contributed by atoms with Crippen LogP contribution in [0.5, 0.6) is 0 Å². The molecule has 1 aromatic carbocycles. The Kier molecular flexibility index (Phi) is 2.86. The number of hydrogen-bond donors (Lipinski definition) is 1. The van der Waals surface area contributed by atoms with Crippen LogP contribution in [-0.2, 0) is 0 Å². The molecule has 0 radical (unpaired) electrons. The lowest BCUT2D eigenvalue weighted by molar-refractivity contribution is 1.38. The normalized spacial score (nSPS) is 10.6. The molecule has 1 N–H and O–H groups in total.